The Labute approximate surface area is 213 Å². The van der Waals surface area contributed by atoms with Gasteiger partial charge in [0, 0.05) is 12.6 Å². The fraction of sp³-hybridized carbons (Fsp3) is 0.500. The molecule has 0 bridgehead atoms. The van der Waals surface area contributed by atoms with Crippen LogP contribution < -0.4 is 5.32 Å². The fourth-order valence-electron chi connectivity index (χ4n) is 3.32. The molecule has 1 N–H and O–H groups in total. The summed E-state index contributed by atoms with van der Waals surface area (Å²) < 4.78 is 40.4. The van der Waals surface area contributed by atoms with Gasteiger partial charge in [0.1, 0.15) is 0 Å². The molecular weight excluding hydrogens is 469 g/mol. The van der Waals surface area contributed by atoms with E-state index in [2.05, 4.69) is 61.2 Å². The first-order valence-corrected chi connectivity index (χ1v) is 12.2. The van der Waals surface area contributed by atoms with Gasteiger partial charge in [0.2, 0.25) is 0 Å². The van der Waals surface area contributed by atoms with Crippen LogP contribution in [0.25, 0.3) is 0 Å². The third-order valence-electron chi connectivity index (χ3n) is 5.25. The molecule has 0 fully saturated rings. The average molecular weight is 509 g/mol. The topological polar surface area (TPSA) is 58.6 Å². The molecule has 0 saturated carbocycles. The molecule has 0 aliphatic carbocycles. The minimum atomic E-state index is -4.66. The van der Waals surface area contributed by atoms with Crippen LogP contribution in [0.2, 0.25) is 0 Å². The zero-order chi connectivity index (χ0) is 27.3. The van der Waals surface area contributed by atoms with Crippen LogP contribution in [0.4, 0.5) is 13.2 Å². The van der Waals surface area contributed by atoms with Gasteiger partial charge in [0.05, 0.1) is 6.04 Å². The molecule has 0 radical (unpaired) electrons. The molecule has 200 valence electrons. The quantitative estimate of drug-likeness (QED) is 0.318. The van der Waals surface area contributed by atoms with Crippen molar-refractivity contribution in [3.8, 4) is 0 Å². The van der Waals surface area contributed by atoms with Crippen LogP contribution in [0, 0.1) is 11.8 Å². The van der Waals surface area contributed by atoms with Gasteiger partial charge in [0.25, 0.3) is 0 Å². The lowest BCUT2D eigenvalue weighted by Gasteiger charge is -2.30. The van der Waals surface area contributed by atoms with Crippen LogP contribution in [0.1, 0.15) is 64.8 Å². The SMILES string of the molecule is CC(C)CN(C(=O)C(=O)OCC(F)(F)F)C(C)c1ccccc1.CC(C)CNC(C)c1ccccc1. The molecule has 0 saturated heterocycles. The summed E-state index contributed by atoms with van der Waals surface area (Å²) in [6, 6.07) is 19.5. The number of rotatable bonds is 9. The van der Waals surface area contributed by atoms with Gasteiger partial charge < -0.3 is 15.0 Å². The molecular formula is C28H39F3N2O3. The highest BCUT2D eigenvalue weighted by atomic mass is 19.4. The molecule has 2 aromatic rings. The normalized spacial score (nSPS) is 13.0. The second kappa shape index (κ2) is 15.3. The molecule has 0 aliphatic heterocycles. The van der Waals surface area contributed by atoms with Gasteiger partial charge in [-0.1, -0.05) is 88.4 Å². The highest BCUT2D eigenvalue weighted by Crippen LogP contribution is 2.22. The van der Waals surface area contributed by atoms with E-state index < -0.39 is 30.7 Å². The smallest absolute Gasteiger partial charge is 0.422 e. The molecule has 2 aromatic carbocycles. The van der Waals surface area contributed by atoms with Crippen molar-refractivity contribution in [2.24, 2.45) is 11.8 Å². The molecule has 8 heteroatoms. The summed E-state index contributed by atoms with van der Waals surface area (Å²) in [5.41, 5.74) is 2.15. The molecule has 0 aromatic heterocycles. The van der Waals surface area contributed by atoms with Crippen molar-refractivity contribution in [1.82, 2.24) is 10.2 Å². The molecule has 2 atom stereocenters. The fourth-order valence-corrected chi connectivity index (χ4v) is 3.32. The Morgan fingerprint density at radius 3 is 1.78 bits per heavy atom. The van der Waals surface area contributed by atoms with E-state index in [0.29, 0.717) is 12.0 Å². The number of nitrogens with one attached hydrogen (secondary N) is 1. The summed E-state index contributed by atoms with van der Waals surface area (Å²) in [4.78, 5) is 25.1. The van der Waals surface area contributed by atoms with Crippen LogP contribution in [-0.2, 0) is 14.3 Å². The number of benzene rings is 2. The van der Waals surface area contributed by atoms with E-state index in [1.807, 2.05) is 19.9 Å². The van der Waals surface area contributed by atoms with E-state index in [1.165, 1.54) is 10.5 Å². The second-order valence-electron chi connectivity index (χ2n) is 9.56. The lowest BCUT2D eigenvalue weighted by molar-refractivity contribution is -0.190. The predicted octanol–water partition coefficient (Wildman–Crippen LogP) is 6.33. The molecule has 0 spiro atoms. The maximum absolute atomic E-state index is 12.2. The van der Waals surface area contributed by atoms with E-state index in [-0.39, 0.29) is 12.5 Å². The first kappa shape index (κ1) is 31.2. The Hall–Kier alpha value is -2.87. The summed E-state index contributed by atoms with van der Waals surface area (Å²) >= 11 is 0. The molecule has 2 rings (SSSR count). The summed E-state index contributed by atoms with van der Waals surface area (Å²) in [7, 11) is 0. The van der Waals surface area contributed by atoms with Crippen molar-refractivity contribution in [3.63, 3.8) is 0 Å². The van der Waals surface area contributed by atoms with Gasteiger partial charge in [-0.2, -0.15) is 13.2 Å². The third-order valence-corrected chi connectivity index (χ3v) is 5.25. The first-order chi connectivity index (χ1) is 16.8. The maximum Gasteiger partial charge on any atom is 0.422 e. The van der Waals surface area contributed by atoms with Crippen molar-refractivity contribution in [2.45, 2.75) is 59.8 Å². The predicted molar refractivity (Wildman–Crippen MR) is 136 cm³/mol. The third kappa shape index (κ3) is 12.2. The van der Waals surface area contributed by atoms with E-state index in [1.54, 1.807) is 31.2 Å². The van der Waals surface area contributed by atoms with Crippen molar-refractivity contribution < 1.29 is 27.5 Å². The second-order valence-corrected chi connectivity index (χ2v) is 9.56. The van der Waals surface area contributed by atoms with Crippen LogP contribution in [0.15, 0.2) is 60.7 Å². The standard InChI is InChI=1S/C16H20F3NO3.C12H19N/c1-11(2)9-20(12(3)13-7-5-4-6-8-13)14(21)15(22)23-10-16(17,18)19;1-10(2)9-13-11(3)12-7-5-4-6-8-12/h4-8,11-12H,9-10H2,1-3H3;4-8,10-11,13H,9H2,1-3H3. The van der Waals surface area contributed by atoms with Gasteiger partial charge >= 0.3 is 18.1 Å². The summed E-state index contributed by atoms with van der Waals surface area (Å²) in [6.07, 6.45) is -4.66. The summed E-state index contributed by atoms with van der Waals surface area (Å²) in [5, 5.41) is 3.50. The van der Waals surface area contributed by atoms with Crippen LogP contribution in [0.3, 0.4) is 0 Å². The van der Waals surface area contributed by atoms with Gasteiger partial charge in [0.15, 0.2) is 6.61 Å². The lowest BCUT2D eigenvalue weighted by atomic mass is 10.1. The zero-order valence-corrected chi connectivity index (χ0v) is 22.0. The van der Waals surface area contributed by atoms with Gasteiger partial charge in [-0.05, 0) is 43.4 Å². The van der Waals surface area contributed by atoms with E-state index in [0.717, 1.165) is 12.1 Å². The van der Waals surface area contributed by atoms with Gasteiger partial charge in [-0.3, -0.25) is 4.79 Å². The number of hydrogen-bond acceptors (Lipinski definition) is 4. The number of halogens is 3. The number of esters is 1. The van der Waals surface area contributed by atoms with Crippen LogP contribution in [-0.4, -0.2) is 42.6 Å². The Morgan fingerprint density at radius 2 is 1.33 bits per heavy atom. The van der Waals surface area contributed by atoms with Gasteiger partial charge in [-0.15, -0.1) is 0 Å². The Balaban J connectivity index is 0.000000420. The highest BCUT2D eigenvalue weighted by Gasteiger charge is 2.34. The molecule has 0 aliphatic rings. The largest absolute Gasteiger partial charge is 0.449 e. The molecule has 0 heterocycles. The summed E-state index contributed by atoms with van der Waals surface area (Å²) in [6.45, 7) is 11.6. The number of hydrogen-bond donors (Lipinski definition) is 1. The minimum Gasteiger partial charge on any atom is -0.449 e. The number of ether oxygens (including phenoxy) is 1. The molecule has 5 nitrogen and oxygen atoms in total. The van der Waals surface area contributed by atoms with Crippen LogP contribution >= 0.6 is 0 Å². The zero-order valence-electron chi connectivity index (χ0n) is 22.0. The number of nitrogens with zero attached hydrogens (tertiary/aromatic N) is 1. The average Bonchev–Trinajstić information content (AvgIpc) is 2.84. The number of amides is 1. The van der Waals surface area contributed by atoms with E-state index in [4.69, 9.17) is 0 Å². The monoisotopic (exact) mass is 508 g/mol. The number of carbonyl (C=O) groups excluding carboxylic acids is 2. The van der Waals surface area contributed by atoms with Crippen molar-refractivity contribution >= 4 is 11.9 Å². The lowest BCUT2D eigenvalue weighted by Crippen LogP contribution is -2.42. The molecule has 1 amide bonds. The van der Waals surface area contributed by atoms with Crippen LogP contribution in [0.5, 0.6) is 0 Å². The molecule has 36 heavy (non-hydrogen) atoms. The van der Waals surface area contributed by atoms with Crippen molar-refractivity contribution in [3.05, 3.63) is 71.8 Å². The highest BCUT2D eigenvalue weighted by molar-refractivity contribution is 6.32. The maximum atomic E-state index is 12.2. The number of carbonyl (C=O) groups is 2. The van der Waals surface area contributed by atoms with Crippen molar-refractivity contribution in [1.29, 1.82) is 0 Å². The molecule has 2 unspecified atom stereocenters. The first-order valence-electron chi connectivity index (χ1n) is 12.2. The number of alkyl halides is 3. The Morgan fingerprint density at radius 1 is 0.833 bits per heavy atom. The van der Waals surface area contributed by atoms with Gasteiger partial charge in [-0.25, -0.2) is 4.79 Å². The Bertz CT molecular complexity index is 903. The van der Waals surface area contributed by atoms with Crippen molar-refractivity contribution in [2.75, 3.05) is 19.7 Å². The van der Waals surface area contributed by atoms with E-state index in [9.17, 15) is 22.8 Å². The minimum absolute atomic E-state index is 0.0422. The summed E-state index contributed by atoms with van der Waals surface area (Å²) in [5.74, 6) is -1.81. The van der Waals surface area contributed by atoms with E-state index >= 15 is 0 Å². The Kier molecular flexibility index (Phi) is 13.2.